The zero-order chi connectivity index (χ0) is 8.10. The van der Waals surface area contributed by atoms with Crippen molar-refractivity contribution in [3.05, 3.63) is 27.8 Å². The molecule has 11 heavy (non-hydrogen) atoms. The molecule has 0 bridgehead atoms. The highest BCUT2D eigenvalue weighted by Crippen LogP contribution is 2.10. The van der Waals surface area contributed by atoms with Gasteiger partial charge in [0.15, 0.2) is 0 Å². The van der Waals surface area contributed by atoms with Crippen LogP contribution in [0.15, 0.2) is 24.3 Å². The van der Waals surface area contributed by atoms with E-state index in [0.717, 1.165) is 5.69 Å². The van der Waals surface area contributed by atoms with Gasteiger partial charge < -0.3 is 5.32 Å². The minimum Gasteiger partial charge on any atom is -0.382 e. The van der Waals surface area contributed by atoms with E-state index in [-0.39, 0.29) is 6.67 Å². The van der Waals surface area contributed by atoms with Crippen LogP contribution in [-0.4, -0.2) is 13.2 Å². The van der Waals surface area contributed by atoms with E-state index in [1.165, 1.54) is 3.57 Å². The average Bonchev–Trinajstić information content (AvgIpc) is 2.04. The van der Waals surface area contributed by atoms with E-state index in [4.69, 9.17) is 0 Å². The third-order valence-corrected chi connectivity index (χ3v) is 1.99. The fourth-order valence-electron chi connectivity index (χ4n) is 0.759. The minimum atomic E-state index is -0.327. The van der Waals surface area contributed by atoms with E-state index in [1.807, 2.05) is 24.3 Å². The van der Waals surface area contributed by atoms with Crippen molar-refractivity contribution in [1.82, 2.24) is 0 Å². The van der Waals surface area contributed by atoms with Gasteiger partial charge >= 0.3 is 0 Å². The molecule has 0 aliphatic rings. The minimum absolute atomic E-state index is 0.327. The van der Waals surface area contributed by atoms with E-state index < -0.39 is 0 Å². The monoisotopic (exact) mass is 265 g/mol. The lowest BCUT2D eigenvalue weighted by Gasteiger charge is -2.02. The summed E-state index contributed by atoms with van der Waals surface area (Å²) in [6.45, 7) is 0.0621. The van der Waals surface area contributed by atoms with Crippen molar-refractivity contribution in [1.29, 1.82) is 0 Å². The van der Waals surface area contributed by atoms with Crippen molar-refractivity contribution >= 4 is 28.3 Å². The molecule has 1 nitrogen and oxygen atoms in total. The van der Waals surface area contributed by atoms with E-state index in [9.17, 15) is 4.39 Å². The van der Waals surface area contributed by atoms with E-state index in [2.05, 4.69) is 27.9 Å². The maximum atomic E-state index is 11.7. The molecule has 0 unspecified atom stereocenters. The third kappa shape index (κ3) is 3.05. The quantitative estimate of drug-likeness (QED) is 0.828. The number of nitrogens with one attached hydrogen (secondary N) is 1. The van der Waals surface area contributed by atoms with Crippen LogP contribution in [0.1, 0.15) is 0 Å². The first-order chi connectivity index (χ1) is 5.33. The first kappa shape index (κ1) is 8.77. The van der Waals surface area contributed by atoms with Crippen LogP contribution in [0, 0.1) is 3.57 Å². The van der Waals surface area contributed by atoms with Crippen LogP contribution in [0.3, 0.4) is 0 Å². The highest BCUT2D eigenvalue weighted by Gasteiger charge is 1.89. The predicted octanol–water partition coefficient (Wildman–Crippen LogP) is 2.67. The van der Waals surface area contributed by atoms with Gasteiger partial charge in [0.1, 0.15) is 6.67 Å². The second kappa shape index (κ2) is 4.54. The molecule has 0 saturated heterocycles. The number of rotatable bonds is 3. The fraction of sp³-hybridized carbons (Fsp3) is 0.250. The molecule has 0 spiro atoms. The van der Waals surface area contributed by atoms with Crippen molar-refractivity contribution in [2.24, 2.45) is 0 Å². The lowest BCUT2D eigenvalue weighted by Crippen LogP contribution is -2.02. The summed E-state index contributed by atoms with van der Waals surface area (Å²) in [5.74, 6) is 0. The molecule has 0 fully saturated rings. The molecule has 3 heteroatoms. The molecule has 0 radical (unpaired) electrons. The Labute approximate surface area is 79.1 Å². The van der Waals surface area contributed by atoms with Gasteiger partial charge in [-0.1, -0.05) is 0 Å². The number of hydrogen-bond donors (Lipinski definition) is 1. The van der Waals surface area contributed by atoms with Gasteiger partial charge in [-0.3, -0.25) is 0 Å². The average molecular weight is 265 g/mol. The van der Waals surface area contributed by atoms with Crippen molar-refractivity contribution in [3.63, 3.8) is 0 Å². The van der Waals surface area contributed by atoms with E-state index >= 15 is 0 Å². The Bertz CT molecular complexity index is 210. The van der Waals surface area contributed by atoms with Crippen molar-refractivity contribution in [2.75, 3.05) is 18.5 Å². The van der Waals surface area contributed by atoms with E-state index in [1.54, 1.807) is 0 Å². The maximum absolute atomic E-state index is 11.7. The molecule has 1 rings (SSSR count). The van der Waals surface area contributed by atoms with Gasteiger partial charge in [-0.2, -0.15) is 0 Å². The predicted molar refractivity (Wildman–Crippen MR) is 53.6 cm³/mol. The summed E-state index contributed by atoms with van der Waals surface area (Å²) in [6, 6.07) is 7.86. The lowest BCUT2D eigenvalue weighted by molar-refractivity contribution is 0.513. The standard InChI is InChI=1S/C8H9FIN/c9-5-6-11-8-3-1-7(10)2-4-8/h1-4,11H,5-6H2. The molecule has 0 atom stereocenters. The second-order valence-corrected chi connectivity index (χ2v) is 3.37. The SMILES string of the molecule is FCCNc1ccc(I)cc1. The molecule has 1 aromatic carbocycles. The molecular weight excluding hydrogens is 256 g/mol. The summed E-state index contributed by atoms with van der Waals surface area (Å²) in [5, 5.41) is 2.94. The summed E-state index contributed by atoms with van der Waals surface area (Å²) in [5.41, 5.74) is 0.975. The number of halogens is 2. The number of alkyl halides is 1. The molecule has 1 N–H and O–H groups in total. The lowest BCUT2D eigenvalue weighted by atomic mass is 10.3. The van der Waals surface area contributed by atoms with Crippen molar-refractivity contribution < 1.29 is 4.39 Å². The van der Waals surface area contributed by atoms with Crippen molar-refractivity contribution in [3.8, 4) is 0 Å². The second-order valence-electron chi connectivity index (χ2n) is 2.12. The first-order valence-corrected chi connectivity index (χ1v) is 4.46. The van der Waals surface area contributed by atoms with E-state index in [0.29, 0.717) is 6.54 Å². The largest absolute Gasteiger partial charge is 0.382 e. The first-order valence-electron chi connectivity index (χ1n) is 3.38. The molecule has 0 amide bonds. The summed E-state index contributed by atoms with van der Waals surface area (Å²) in [6.07, 6.45) is 0. The Morgan fingerprint density at radius 1 is 1.27 bits per heavy atom. The van der Waals surface area contributed by atoms with Crippen LogP contribution in [0.4, 0.5) is 10.1 Å². The highest BCUT2D eigenvalue weighted by atomic mass is 127. The van der Waals surface area contributed by atoms with Crippen LogP contribution in [-0.2, 0) is 0 Å². The molecule has 0 saturated carbocycles. The fourth-order valence-corrected chi connectivity index (χ4v) is 1.12. The van der Waals surface area contributed by atoms with Crippen molar-refractivity contribution in [2.45, 2.75) is 0 Å². The zero-order valence-corrected chi connectivity index (χ0v) is 8.14. The Hall–Kier alpha value is -0.320. The summed E-state index contributed by atoms with van der Waals surface area (Å²) in [7, 11) is 0. The van der Waals surface area contributed by atoms with Gasteiger partial charge in [-0.05, 0) is 46.9 Å². The maximum Gasteiger partial charge on any atom is 0.107 e. The number of anilines is 1. The van der Waals surface area contributed by atoms with Gasteiger partial charge in [0, 0.05) is 15.8 Å². The number of benzene rings is 1. The Morgan fingerprint density at radius 3 is 2.45 bits per heavy atom. The third-order valence-electron chi connectivity index (χ3n) is 1.27. The van der Waals surface area contributed by atoms with Gasteiger partial charge in [0.05, 0.1) is 0 Å². The van der Waals surface area contributed by atoms with Gasteiger partial charge in [0.2, 0.25) is 0 Å². The van der Waals surface area contributed by atoms with Crippen LogP contribution >= 0.6 is 22.6 Å². The molecule has 0 aliphatic carbocycles. The molecule has 0 aliphatic heterocycles. The van der Waals surface area contributed by atoms with Crippen LogP contribution < -0.4 is 5.32 Å². The van der Waals surface area contributed by atoms with Gasteiger partial charge in [-0.25, -0.2) is 4.39 Å². The highest BCUT2D eigenvalue weighted by molar-refractivity contribution is 14.1. The van der Waals surface area contributed by atoms with Crippen LogP contribution in [0.2, 0.25) is 0 Å². The van der Waals surface area contributed by atoms with Gasteiger partial charge in [0.25, 0.3) is 0 Å². The van der Waals surface area contributed by atoms with Crippen LogP contribution in [0.25, 0.3) is 0 Å². The van der Waals surface area contributed by atoms with Crippen LogP contribution in [0.5, 0.6) is 0 Å². The number of hydrogen-bond acceptors (Lipinski definition) is 1. The normalized spacial score (nSPS) is 9.64. The molecule has 0 aromatic heterocycles. The summed E-state index contributed by atoms with van der Waals surface area (Å²) >= 11 is 2.23. The molecular formula is C8H9FIN. The Kier molecular flexibility index (Phi) is 3.62. The summed E-state index contributed by atoms with van der Waals surface area (Å²) in [4.78, 5) is 0. The molecule has 1 aromatic rings. The van der Waals surface area contributed by atoms with Gasteiger partial charge in [-0.15, -0.1) is 0 Å². The summed E-state index contributed by atoms with van der Waals surface area (Å²) < 4.78 is 12.9. The Morgan fingerprint density at radius 2 is 1.91 bits per heavy atom. The zero-order valence-electron chi connectivity index (χ0n) is 5.98. The molecule has 0 heterocycles. The molecule has 60 valence electrons. The smallest absolute Gasteiger partial charge is 0.107 e. The Balaban J connectivity index is 2.52. The topological polar surface area (TPSA) is 12.0 Å².